The fourth-order valence-corrected chi connectivity index (χ4v) is 2.47. The highest BCUT2D eigenvalue weighted by Crippen LogP contribution is 2.23. The zero-order valence-electron chi connectivity index (χ0n) is 15.1. The molecule has 6 heteroatoms. The minimum Gasteiger partial charge on any atom is -0.497 e. The third-order valence-corrected chi connectivity index (χ3v) is 3.83. The van der Waals surface area contributed by atoms with Crippen LogP contribution in [0.25, 0.3) is 0 Å². The second-order valence-corrected chi connectivity index (χ2v) is 5.70. The van der Waals surface area contributed by atoms with E-state index >= 15 is 0 Å². The van der Waals surface area contributed by atoms with Gasteiger partial charge < -0.3 is 19.5 Å². The average Bonchev–Trinajstić information content (AvgIpc) is 2.72. The van der Waals surface area contributed by atoms with E-state index in [0.717, 1.165) is 5.56 Å². The highest BCUT2D eigenvalue weighted by molar-refractivity contribution is 5.95. The Bertz CT molecular complexity index is 891. The number of ether oxygens (including phenoxy) is 3. The lowest BCUT2D eigenvalue weighted by molar-refractivity contribution is 0.0950. The summed E-state index contributed by atoms with van der Waals surface area (Å²) < 4.78 is 16.1. The van der Waals surface area contributed by atoms with Crippen LogP contribution in [0.4, 0.5) is 0 Å². The molecule has 0 aliphatic heterocycles. The summed E-state index contributed by atoms with van der Waals surface area (Å²) >= 11 is 0. The number of nitrogens with zero attached hydrogens (tertiary/aromatic N) is 1. The summed E-state index contributed by atoms with van der Waals surface area (Å²) in [7, 11) is 3.09. The van der Waals surface area contributed by atoms with Crippen LogP contribution in [0.2, 0.25) is 0 Å². The van der Waals surface area contributed by atoms with Gasteiger partial charge in [0.1, 0.15) is 17.2 Å². The van der Waals surface area contributed by atoms with E-state index in [1.807, 2.05) is 36.4 Å². The van der Waals surface area contributed by atoms with Crippen LogP contribution >= 0.6 is 0 Å². The van der Waals surface area contributed by atoms with Crippen molar-refractivity contribution in [2.24, 2.45) is 0 Å². The third kappa shape index (κ3) is 4.98. The van der Waals surface area contributed by atoms with E-state index in [1.54, 1.807) is 44.7 Å². The van der Waals surface area contributed by atoms with Crippen molar-refractivity contribution in [3.05, 3.63) is 78.0 Å². The lowest BCUT2D eigenvalue weighted by Gasteiger charge is -2.10. The first-order chi connectivity index (χ1) is 13.2. The maximum absolute atomic E-state index is 12.5. The highest BCUT2D eigenvalue weighted by atomic mass is 16.5. The first-order valence-corrected chi connectivity index (χ1v) is 8.37. The summed E-state index contributed by atoms with van der Waals surface area (Å²) in [6, 6.07) is 18.0. The van der Waals surface area contributed by atoms with Gasteiger partial charge in [0.05, 0.1) is 14.2 Å². The molecule has 3 aromatic rings. The molecule has 0 unspecified atom stereocenters. The van der Waals surface area contributed by atoms with E-state index in [4.69, 9.17) is 14.2 Å². The predicted molar refractivity (Wildman–Crippen MR) is 101 cm³/mol. The summed E-state index contributed by atoms with van der Waals surface area (Å²) in [6.45, 7) is 0.359. The van der Waals surface area contributed by atoms with E-state index in [2.05, 4.69) is 10.3 Å². The van der Waals surface area contributed by atoms with Gasteiger partial charge in [-0.2, -0.15) is 0 Å². The number of amides is 1. The predicted octanol–water partition coefficient (Wildman–Crippen LogP) is 3.82. The number of nitrogens with one attached hydrogen (secondary N) is 1. The zero-order valence-corrected chi connectivity index (χ0v) is 15.1. The quantitative estimate of drug-likeness (QED) is 0.690. The van der Waals surface area contributed by atoms with Crippen molar-refractivity contribution >= 4 is 5.91 Å². The number of hydrogen-bond acceptors (Lipinski definition) is 5. The Kier molecular flexibility index (Phi) is 5.89. The molecule has 1 N–H and O–H groups in total. The molecular weight excluding hydrogens is 344 g/mol. The summed E-state index contributed by atoms with van der Waals surface area (Å²) in [5, 5.41) is 2.89. The molecule has 3 rings (SSSR count). The minimum absolute atomic E-state index is 0.219. The van der Waals surface area contributed by atoms with Gasteiger partial charge in [-0.05, 0) is 35.9 Å². The smallest absolute Gasteiger partial charge is 0.251 e. The van der Waals surface area contributed by atoms with Gasteiger partial charge in [-0.1, -0.05) is 18.2 Å². The molecule has 0 aliphatic rings. The Labute approximate surface area is 157 Å². The molecule has 0 atom stereocenters. The summed E-state index contributed by atoms with van der Waals surface area (Å²) in [6.07, 6.45) is 1.67. The molecule has 27 heavy (non-hydrogen) atoms. The van der Waals surface area contributed by atoms with Gasteiger partial charge in [-0.25, -0.2) is 4.98 Å². The molecule has 2 aromatic carbocycles. The van der Waals surface area contributed by atoms with Crippen LogP contribution in [0.1, 0.15) is 15.9 Å². The Morgan fingerprint density at radius 3 is 2.37 bits per heavy atom. The second-order valence-electron chi connectivity index (χ2n) is 5.70. The van der Waals surface area contributed by atoms with Crippen molar-refractivity contribution < 1.29 is 19.0 Å². The molecule has 6 nitrogen and oxygen atoms in total. The van der Waals surface area contributed by atoms with Crippen molar-refractivity contribution in [3.8, 4) is 23.1 Å². The summed E-state index contributed by atoms with van der Waals surface area (Å²) in [5.74, 6) is 2.07. The number of benzene rings is 2. The van der Waals surface area contributed by atoms with Crippen LogP contribution in [0.3, 0.4) is 0 Å². The van der Waals surface area contributed by atoms with E-state index in [0.29, 0.717) is 35.2 Å². The van der Waals surface area contributed by atoms with E-state index in [9.17, 15) is 4.79 Å². The van der Waals surface area contributed by atoms with Gasteiger partial charge in [-0.3, -0.25) is 4.79 Å². The molecule has 0 saturated heterocycles. The van der Waals surface area contributed by atoms with Crippen LogP contribution < -0.4 is 19.5 Å². The summed E-state index contributed by atoms with van der Waals surface area (Å²) in [4.78, 5) is 16.6. The van der Waals surface area contributed by atoms with Crippen LogP contribution in [0.15, 0.2) is 66.9 Å². The second kappa shape index (κ2) is 8.71. The fourth-order valence-electron chi connectivity index (χ4n) is 2.47. The highest BCUT2D eigenvalue weighted by Gasteiger charge is 2.10. The van der Waals surface area contributed by atoms with Crippen LogP contribution in [0, 0.1) is 0 Å². The molecule has 0 spiro atoms. The number of carbonyl (C=O) groups excluding carboxylic acids is 1. The fraction of sp³-hybridized carbons (Fsp3) is 0.143. The molecule has 1 heterocycles. The average molecular weight is 364 g/mol. The molecule has 0 fully saturated rings. The van der Waals surface area contributed by atoms with Crippen molar-refractivity contribution in [2.75, 3.05) is 14.2 Å². The maximum atomic E-state index is 12.5. The molecule has 1 amide bonds. The molecule has 0 aliphatic carbocycles. The number of pyridine rings is 1. The number of carbonyl (C=O) groups is 1. The first kappa shape index (κ1) is 18.3. The molecule has 1 aromatic heterocycles. The molecule has 138 valence electrons. The van der Waals surface area contributed by atoms with Gasteiger partial charge in [-0.15, -0.1) is 0 Å². The van der Waals surface area contributed by atoms with E-state index in [1.165, 1.54) is 0 Å². The third-order valence-electron chi connectivity index (χ3n) is 3.83. The van der Waals surface area contributed by atoms with Gasteiger partial charge in [0.25, 0.3) is 5.91 Å². The van der Waals surface area contributed by atoms with E-state index in [-0.39, 0.29) is 5.91 Å². The van der Waals surface area contributed by atoms with Crippen LogP contribution in [0.5, 0.6) is 23.1 Å². The SMILES string of the molecule is COc1cc(OC)cc(C(=O)NCc2cccc(Oc3ccccn3)c2)c1. The molecule has 0 saturated carbocycles. The zero-order chi connectivity index (χ0) is 19.1. The number of aromatic nitrogens is 1. The van der Waals surface area contributed by atoms with Gasteiger partial charge in [0, 0.05) is 30.4 Å². The van der Waals surface area contributed by atoms with E-state index < -0.39 is 0 Å². The topological polar surface area (TPSA) is 69.7 Å². The maximum Gasteiger partial charge on any atom is 0.251 e. The van der Waals surface area contributed by atoms with Gasteiger partial charge in [0.15, 0.2) is 0 Å². The lowest BCUT2D eigenvalue weighted by atomic mass is 10.1. The van der Waals surface area contributed by atoms with Crippen molar-refractivity contribution in [1.82, 2.24) is 10.3 Å². The van der Waals surface area contributed by atoms with Crippen molar-refractivity contribution in [1.29, 1.82) is 0 Å². The molecule has 0 radical (unpaired) electrons. The lowest BCUT2D eigenvalue weighted by Crippen LogP contribution is -2.22. The summed E-state index contributed by atoms with van der Waals surface area (Å²) in [5.41, 5.74) is 1.37. The van der Waals surface area contributed by atoms with Gasteiger partial charge >= 0.3 is 0 Å². The Balaban J connectivity index is 1.66. The van der Waals surface area contributed by atoms with Crippen LogP contribution in [-0.2, 0) is 6.54 Å². The number of methoxy groups -OCH3 is 2. The van der Waals surface area contributed by atoms with Crippen molar-refractivity contribution in [2.45, 2.75) is 6.54 Å². The molecule has 0 bridgehead atoms. The minimum atomic E-state index is -0.219. The van der Waals surface area contributed by atoms with Crippen molar-refractivity contribution in [3.63, 3.8) is 0 Å². The largest absolute Gasteiger partial charge is 0.497 e. The Morgan fingerprint density at radius 1 is 0.926 bits per heavy atom. The first-order valence-electron chi connectivity index (χ1n) is 8.37. The van der Waals surface area contributed by atoms with Crippen LogP contribution in [-0.4, -0.2) is 25.1 Å². The Hall–Kier alpha value is -3.54. The standard InChI is InChI=1S/C21H20N2O4/c1-25-18-11-16(12-19(13-18)26-2)21(24)23-14-15-6-5-7-17(10-15)27-20-8-3-4-9-22-20/h3-13H,14H2,1-2H3,(H,23,24). The van der Waals surface area contributed by atoms with Gasteiger partial charge in [0.2, 0.25) is 5.88 Å². The Morgan fingerprint density at radius 2 is 1.70 bits per heavy atom. The number of rotatable bonds is 7. The number of hydrogen-bond donors (Lipinski definition) is 1. The normalized spacial score (nSPS) is 10.1. The monoisotopic (exact) mass is 364 g/mol. The molecular formula is C21H20N2O4.